The summed E-state index contributed by atoms with van der Waals surface area (Å²) in [5.74, 6) is -2.61. The Hall–Kier alpha value is -4.39. The average Bonchev–Trinajstić information content (AvgIpc) is 3.09. The van der Waals surface area contributed by atoms with Crippen LogP contribution in [0.25, 0.3) is 5.76 Å². The molecule has 0 aromatic heterocycles. The highest BCUT2D eigenvalue weighted by Gasteiger charge is 2.47. The van der Waals surface area contributed by atoms with Crippen LogP contribution >= 0.6 is 0 Å². The Morgan fingerprint density at radius 1 is 0.875 bits per heavy atom. The number of aromatic carboxylic acids is 1. The summed E-state index contributed by atoms with van der Waals surface area (Å²) >= 11 is 0. The van der Waals surface area contributed by atoms with E-state index < -0.39 is 23.7 Å². The van der Waals surface area contributed by atoms with Gasteiger partial charge in [-0.25, -0.2) is 4.79 Å². The molecule has 0 aliphatic carbocycles. The molecule has 1 fully saturated rings. The summed E-state index contributed by atoms with van der Waals surface area (Å²) in [5.41, 5.74) is 1.10. The molecular weight excluding hydrogens is 410 g/mol. The number of anilines is 1. The summed E-state index contributed by atoms with van der Waals surface area (Å²) in [6.45, 7) is 0. The number of carbonyl (C=O) groups excluding carboxylic acids is 2. The number of aliphatic hydroxyl groups excluding tert-OH is 1. The van der Waals surface area contributed by atoms with Crippen molar-refractivity contribution in [2.45, 2.75) is 6.04 Å². The summed E-state index contributed by atoms with van der Waals surface area (Å²) in [7, 11) is 1.51. The van der Waals surface area contributed by atoms with Gasteiger partial charge in [-0.3, -0.25) is 14.5 Å². The fraction of sp³-hybridized carbons (Fsp3) is 0.0800. The second-order valence-corrected chi connectivity index (χ2v) is 7.16. The molecule has 2 N–H and O–H groups in total. The van der Waals surface area contributed by atoms with Crippen molar-refractivity contribution in [2.24, 2.45) is 0 Å². The average molecular weight is 429 g/mol. The highest BCUT2D eigenvalue weighted by Crippen LogP contribution is 2.42. The first kappa shape index (κ1) is 20.9. The molecule has 1 amide bonds. The zero-order chi connectivity index (χ0) is 22.8. The lowest BCUT2D eigenvalue weighted by atomic mass is 9.95. The Labute approximate surface area is 183 Å². The van der Waals surface area contributed by atoms with Crippen molar-refractivity contribution in [3.05, 3.63) is 101 Å². The number of ether oxygens (including phenoxy) is 1. The maximum absolute atomic E-state index is 13.1. The molecule has 0 radical (unpaired) electrons. The van der Waals surface area contributed by atoms with E-state index in [1.807, 2.05) is 0 Å². The van der Waals surface area contributed by atoms with Crippen molar-refractivity contribution in [1.82, 2.24) is 0 Å². The van der Waals surface area contributed by atoms with Gasteiger partial charge in [0.15, 0.2) is 0 Å². The number of hydrogen-bond acceptors (Lipinski definition) is 5. The molecule has 0 bridgehead atoms. The number of nitrogens with zero attached hydrogens (tertiary/aromatic N) is 1. The lowest BCUT2D eigenvalue weighted by Gasteiger charge is -2.25. The first-order valence-corrected chi connectivity index (χ1v) is 9.76. The van der Waals surface area contributed by atoms with E-state index in [1.54, 1.807) is 60.7 Å². The lowest BCUT2D eigenvalue weighted by Crippen LogP contribution is -2.29. The third-order valence-corrected chi connectivity index (χ3v) is 5.29. The lowest BCUT2D eigenvalue weighted by molar-refractivity contribution is -0.132. The van der Waals surface area contributed by atoms with Crippen LogP contribution in [0.5, 0.6) is 5.75 Å². The van der Waals surface area contributed by atoms with Gasteiger partial charge in [-0.15, -0.1) is 0 Å². The zero-order valence-corrected chi connectivity index (χ0v) is 17.1. The molecule has 1 saturated heterocycles. The molecule has 1 heterocycles. The standard InChI is InChI=1S/C25H19NO6/c1-32-19-12-10-16(11-13-19)22(27)20-21(15-6-3-2-4-7-15)26(24(29)23(20)28)18-9-5-8-17(14-18)25(30)31/h2-14,21,27H,1H3,(H,30,31)/b22-20-. The number of hydrogen-bond donors (Lipinski definition) is 2. The van der Waals surface area contributed by atoms with Crippen molar-refractivity contribution >= 4 is 29.1 Å². The first-order valence-electron chi connectivity index (χ1n) is 9.76. The van der Waals surface area contributed by atoms with Crippen molar-refractivity contribution < 1.29 is 29.3 Å². The molecule has 1 unspecified atom stereocenters. The summed E-state index contributed by atoms with van der Waals surface area (Å²) in [4.78, 5) is 38.8. The van der Waals surface area contributed by atoms with Gasteiger partial charge in [0, 0.05) is 11.3 Å². The number of amides is 1. The van der Waals surface area contributed by atoms with Crippen molar-refractivity contribution in [3.8, 4) is 5.75 Å². The molecule has 32 heavy (non-hydrogen) atoms. The third kappa shape index (κ3) is 3.60. The van der Waals surface area contributed by atoms with E-state index in [0.717, 1.165) is 0 Å². The van der Waals surface area contributed by atoms with Crippen LogP contribution in [0, 0.1) is 0 Å². The van der Waals surface area contributed by atoms with Crippen LogP contribution in [0.2, 0.25) is 0 Å². The summed E-state index contributed by atoms with van der Waals surface area (Å²) in [6.07, 6.45) is 0. The van der Waals surface area contributed by atoms with Gasteiger partial charge in [0.25, 0.3) is 11.7 Å². The fourth-order valence-electron chi connectivity index (χ4n) is 3.74. The molecule has 4 rings (SSSR count). The molecule has 0 saturated carbocycles. The minimum absolute atomic E-state index is 0.0219. The SMILES string of the molecule is COc1ccc(/C(O)=C2/C(=O)C(=O)N(c3cccc(C(=O)O)c3)C2c2ccccc2)cc1. The first-order chi connectivity index (χ1) is 15.4. The van der Waals surface area contributed by atoms with E-state index in [2.05, 4.69) is 0 Å². The number of methoxy groups -OCH3 is 1. The van der Waals surface area contributed by atoms with Gasteiger partial charge >= 0.3 is 5.97 Å². The van der Waals surface area contributed by atoms with E-state index in [1.165, 1.54) is 30.2 Å². The van der Waals surface area contributed by atoms with E-state index in [9.17, 15) is 24.6 Å². The number of rotatable bonds is 5. The van der Waals surface area contributed by atoms with E-state index >= 15 is 0 Å². The number of carbonyl (C=O) groups is 3. The molecule has 3 aromatic carbocycles. The highest BCUT2D eigenvalue weighted by molar-refractivity contribution is 6.51. The second-order valence-electron chi connectivity index (χ2n) is 7.16. The van der Waals surface area contributed by atoms with Gasteiger partial charge in [-0.2, -0.15) is 0 Å². The number of aliphatic hydroxyl groups is 1. The van der Waals surface area contributed by atoms with E-state index in [0.29, 0.717) is 16.9 Å². The highest BCUT2D eigenvalue weighted by atomic mass is 16.5. The summed E-state index contributed by atoms with van der Waals surface area (Å²) in [5, 5.41) is 20.4. The molecule has 160 valence electrons. The number of carboxylic acid groups (broad SMARTS) is 1. The van der Waals surface area contributed by atoms with Crippen LogP contribution < -0.4 is 9.64 Å². The Bertz CT molecular complexity index is 1230. The molecule has 1 aliphatic rings. The fourth-order valence-corrected chi connectivity index (χ4v) is 3.74. The maximum Gasteiger partial charge on any atom is 0.335 e. The van der Waals surface area contributed by atoms with Gasteiger partial charge in [0.05, 0.1) is 24.3 Å². The van der Waals surface area contributed by atoms with Gasteiger partial charge in [0.2, 0.25) is 0 Å². The monoisotopic (exact) mass is 429 g/mol. The smallest absolute Gasteiger partial charge is 0.335 e. The predicted octanol–water partition coefficient (Wildman–Crippen LogP) is 4.02. The Morgan fingerprint density at radius 2 is 1.56 bits per heavy atom. The summed E-state index contributed by atoms with van der Waals surface area (Å²) < 4.78 is 5.13. The minimum atomic E-state index is -1.15. The quantitative estimate of drug-likeness (QED) is 0.361. The van der Waals surface area contributed by atoms with Crippen LogP contribution in [-0.2, 0) is 9.59 Å². The number of ketones is 1. The maximum atomic E-state index is 13.1. The number of Topliss-reactive ketones (excluding diaryl/α,β-unsaturated/α-hetero) is 1. The predicted molar refractivity (Wildman–Crippen MR) is 118 cm³/mol. The second kappa shape index (κ2) is 8.39. The Balaban J connectivity index is 1.92. The van der Waals surface area contributed by atoms with Crippen LogP contribution in [0.4, 0.5) is 5.69 Å². The minimum Gasteiger partial charge on any atom is -0.507 e. The largest absolute Gasteiger partial charge is 0.507 e. The Morgan fingerprint density at radius 3 is 2.19 bits per heavy atom. The van der Waals surface area contributed by atoms with Crippen molar-refractivity contribution in [2.75, 3.05) is 12.0 Å². The molecule has 7 nitrogen and oxygen atoms in total. The van der Waals surface area contributed by atoms with Crippen LogP contribution in [0.3, 0.4) is 0 Å². The molecule has 0 spiro atoms. The van der Waals surface area contributed by atoms with Crippen molar-refractivity contribution in [1.29, 1.82) is 0 Å². The van der Waals surface area contributed by atoms with E-state index in [4.69, 9.17) is 4.74 Å². The molecule has 7 heteroatoms. The van der Waals surface area contributed by atoms with Gasteiger partial charge in [-0.1, -0.05) is 36.4 Å². The topological polar surface area (TPSA) is 104 Å². The molecule has 1 aliphatic heterocycles. The van der Waals surface area contributed by atoms with Gasteiger partial charge in [-0.05, 0) is 48.0 Å². The van der Waals surface area contributed by atoms with E-state index in [-0.39, 0.29) is 22.6 Å². The van der Waals surface area contributed by atoms with Crippen LogP contribution in [0.1, 0.15) is 27.5 Å². The number of benzene rings is 3. The summed E-state index contributed by atoms with van der Waals surface area (Å²) in [6, 6.07) is 20.1. The molecule has 3 aromatic rings. The molecular formula is C25H19NO6. The zero-order valence-electron chi connectivity index (χ0n) is 17.1. The van der Waals surface area contributed by atoms with Gasteiger partial charge in [0.1, 0.15) is 11.5 Å². The number of carboxylic acids is 1. The molecule has 1 atom stereocenters. The van der Waals surface area contributed by atoms with Crippen LogP contribution in [0.15, 0.2) is 84.4 Å². The normalized spacial score (nSPS) is 17.4. The third-order valence-electron chi connectivity index (χ3n) is 5.29. The van der Waals surface area contributed by atoms with Crippen LogP contribution in [-0.4, -0.2) is 35.0 Å². The Kier molecular flexibility index (Phi) is 5.47. The van der Waals surface area contributed by atoms with Gasteiger partial charge < -0.3 is 14.9 Å². The van der Waals surface area contributed by atoms with Crippen molar-refractivity contribution in [3.63, 3.8) is 0 Å².